The summed E-state index contributed by atoms with van der Waals surface area (Å²) in [6.07, 6.45) is 3.53. The van der Waals surface area contributed by atoms with E-state index in [1.807, 2.05) is 13.0 Å². The van der Waals surface area contributed by atoms with Crippen LogP contribution in [0.25, 0.3) is 0 Å². The summed E-state index contributed by atoms with van der Waals surface area (Å²) in [6, 6.07) is 6.71. The van der Waals surface area contributed by atoms with Gasteiger partial charge in [-0.15, -0.1) is 0 Å². The van der Waals surface area contributed by atoms with Gasteiger partial charge in [-0.1, -0.05) is 12.1 Å². The van der Waals surface area contributed by atoms with Crippen LogP contribution in [0.5, 0.6) is 5.75 Å². The van der Waals surface area contributed by atoms with Crippen LogP contribution in [0.1, 0.15) is 24.1 Å². The molecule has 19 heavy (non-hydrogen) atoms. The zero-order valence-corrected chi connectivity index (χ0v) is 10.4. The third-order valence-electron chi connectivity index (χ3n) is 2.75. The summed E-state index contributed by atoms with van der Waals surface area (Å²) in [6.45, 7) is -0.191. The summed E-state index contributed by atoms with van der Waals surface area (Å²) in [5, 5.41) is 9.86. The highest BCUT2D eigenvalue weighted by Crippen LogP contribution is 2.20. The minimum atomic E-state index is -2.80. The Morgan fingerprint density at radius 3 is 2.95 bits per heavy atom. The fourth-order valence-corrected chi connectivity index (χ4v) is 1.72. The molecule has 0 saturated heterocycles. The molecule has 0 aliphatic rings. The summed E-state index contributed by atoms with van der Waals surface area (Å²) in [5.41, 5.74) is 1.92. The highest BCUT2D eigenvalue weighted by Gasteiger charge is 2.09. The molecule has 0 spiro atoms. The molecule has 1 aromatic heterocycles. The first-order valence-electron chi connectivity index (χ1n) is 5.91. The van der Waals surface area contributed by atoms with E-state index in [9.17, 15) is 8.78 Å². The highest BCUT2D eigenvalue weighted by molar-refractivity contribution is 5.30. The van der Waals surface area contributed by atoms with E-state index in [1.165, 1.54) is 6.07 Å². The standard InChI is InChI=1S/C13H15F2N3O/c1-9(16-6-10-7-17-18-8-10)11-3-2-4-12(5-11)19-13(14)15/h2-5,7-9,13,16H,6H2,1H3,(H,17,18). The number of aromatic amines is 1. The Kier molecular flexibility index (Phi) is 4.46. The molecular formula is C13H15F2N3O. The molecule has 1 atom stereocenters. The third-order valence-corrected chi connectivity index (χ3v) is 2.75. The van der Waals surface area contributed by atoms with Crippen LogP contribution in [0.3, 0.4) is 0 Å². The predicted octanol–water partition coefficient (Wildman–Crippen LogP) is 2.86. The van der Waals surface area contributed by atoms with Gasteiger partial charge in [0, 0.05) is 24.3 Å². The molecule has 0 aliphatic carbocycles. The van der Waals surface area contributed by atoms with Gasteiger partial charge in [-0.3, -0.25) is 5.10 Å². The number of halogens is 2. The molecule has 0 aliphatic heterocycles. The average Bonchev–Trinajstić information content (AvgIpc) is 2.88. The fraction of sp³-hybridized carbons (Fsp3) is 0.308. The van der Waals surface area contributed by atoms with Gasteiger partial charge in [-0.2, -0.15) is 13.9 Å². The zero-order chi connectivity index (χ0) is 13.7. The second kappa shape index (κ2) is 6.29. The maximum Gasteiger partial charge on any atom is 0.387 e. The maximum atomic E-state index is 12.1. The SMILES string of the molecule is CC(NCc1cn[nH]c1)c1cccc(OC(F)F)c1. The van der Waals surface area contributed by atoms with E-state index in [0.717, 1.165) is 11.1 Å². The molecule has 102 valence electrons. The Balaban J connectivity index is 1.96. The molecule has 0 fully saturated rings. The molecule has 0 saturated carbocycles. The summed E-state index contributed by atoms with van der Waals surface area (Å²) >= 11 is 0. The summed E-state index contributed by atoms with van der Waals surface area (Å²) < 4.78 is 28.7. The van der Waals surface area contributed by atoms with Gasteiger partial charge in [0.05, 0.1) is 6.20 Å². The van der Waals surface area contributed by atoms with Crippen molar-refractivity contribution in [3.8, 4) is 5.75 Å². The molecule has 1 heterocycles. The first kappa shape index (κ1) is 13.5. The molecule has 1 unspecified atom stereocenters. The van der Waals surface area contributed by atoms with E-state index in [0.29, 0.717) is 6.54 Å². The Morgan fingerprint density at radius 2 is 2.26 bits per heavy atom. The van der Waals surface area contributed by atoms with E-state index in [4.69, 9.17) is 0 Å². The number of nitrogens with one attached hydrogen (secondary N) is 2. The molecule has 2 aromatic rings. The van der Waals surface area contributed by atoms with Crippen molar-refractivity contribution in [3.05, 3.63) is 47.8 Å². The molecule has 0 bridgehead atoms. The summed E-state index contributed by atoms with van der Waals surface area (Å²) in [4.78, 5) is 0. The van der Waals surface area contributed by atoms with E-state index in [2.05, 4.69) is 20.3 Å². The van der Waals surface area contributed by atoms with Crippen molar-refractivity contribution in [2.24, 2.45) is 0 Å². The van der Waals surface area contributed by atoms with Crippen molar-refractivity contribution in [2.75, 3.05) is 0 Å². The lowest BCUT2D eigenvalue weighted by atomic mass is 10.1. The summed E-state index contributed by atoms with van der Waals surface area (Å²) in [5.74, 6) is 0.171. The van der Waals surface area contributed by atoms with E-state index in [1.54, 1.807) is 24.5 Å². The van der Waals surface area contributed by atoms with Gasteiger partial charge in [-0.05, 0) is 24.6 Å². The predicted molar refractivity (Wildman–Crippen MR) is 66.9 cm³/mol. The minimum absolute atomic E-state index is 0.0242. The quantitative estimate of drug-likeness (QED) is 0.846. The number of hydrogen-bond acceptors (Lipinski definition) is 3. The van der Waals surface area contributed by atoms with Gasteiger partial charge in [0.25, 0.3) is 0 Å². The number of aromatic nitrogens is 2. The number of rotatable bonds is 6. The van der Waals surface area contributed by atoms with Crippen LogP contribution in [0.15, 0.2) is 36.7 Å². The molecule has 1 aromatic carbocycles. The number of H-pyrrole nitrogens is 1. The summed E-state index contributed by atoms with van der Waals surface area (Å²) in [7, 11) is 0. The van der Waals surface area contributed by atoms with Crippen molar-refractivity contribution >= 4 is 0 Å². The normalized spacial score (nSPS) is 12.6. The smallest absolute Gasteiger partial charge is 0.387 e. The Labute approximate surface area is 109 Å². The van der Waals surface area contributed by atoms with Crippen LogP contribution in [-0.2, 0) is 6.54 Å². The van der Waals surface area contributed by atoms with Gasteiger partial charge in [0.1, 0.15) is 5.75 Å². The number of ether oxygens (including phenoxy) is 1. The Bertz CT molecular complexity index is 502. The van der Waals surface area contributed by atoms with Crippen LogP contribution in [0.4, 0.5) is 8.78 Å². The molecule has 6 heteroatoms. The van der Waals surface area contributed by atoms with E-state index in [-0.39, 0.29) is 11.8 Å². The fourth-order valence-electron chi connectivity index (χ4n) is 1.72. The van der Waals surface area contributed by atoms with Crippen molar-refractivity contribution in [2.45, 2.75) is 26.1 Å². The van der Waals surface area contributed by atoms with Gasteiger partial charge in [0.15, 0.2) is 0 Å². The Hall–Kier alpha value is -1.95. The molecule has 2 N–H and O–H groups in total. The molecule has 2 rings (SSSR count). The first-order valence-corrected chi connectivity index (χ1v) is 5.91. The van der Waals surface area contributed by atoms with E-state index < -0.39 is 6.61 Å². The van der Waals surface area contributed by atoms with Crippen molar-refractivity contribution in [3.63, 3.8) is 0 Å². The highest BCUT2D eigenvalue weighted by atomic mass is 19.3. The van der Waals surface area contributed by atoms with Crippen molar-refractivity contribution in [1.82, 2.24) is 15.5 Å². The van der Waals surface area contributed by atoms with Gasteiger partial charge >= 0.3 is 6.61 Å². The van der Waals surface area contributed by atoms with Gasteiger partial charge in [-0.25, -0.2) is 0 Å². The lowest BCUT2D eigenvalue weighted by Crippen LogP contribution is -2.17. The second-order valence-electron chi connectivity index (χ2n) is 4.16. The molecule has 4 nitrogen and oxygen atoms in total. The largest absolute Gasteiger partial charge is 0.435 e. The average molecular weight is 267 g/mol. The van der Waals surface area contributed by atoms with Crippen LogP contribution < -0.4 is 10.1 Å². The molecule has 0 radical (unpaired) electrons. The lowest BCUT2D eigenvalue weighted by molar-refractivity contribution is -0.0499. The number of hydrogen-bond donors (Lipinski definition) is 2. The van der Waals surface area contributed by atoms with Gasteiger partial charge < -0.3 is 10.1 Å². The van der Waals surface area contributed by atoms with Crippen LogP contribution in [0, 0.1) is 0 Å². The first-order chi connectivity index (χ1) is 9.15. The lowest BCUT2D eigenvalue weighted by Gasteiger charge is -2.15. The zero-order valence-electron chi connectivity index (χ0n) is 10.4. The van der Waals surface area contributed by atoms with E-state index >= 15 is 0 Å². The van der Waals surface area contributed by atoms with Crippen LogP contribution >= 0.6 is 0 Å². The van der Waals surface area contributed by atoms with Crippen LogP contribution in [-0.4, -0.2) is 16.8 Å². The second-order valence-corrected chi connectivity index (χ2v) is 4.16. The Morgan fingerprint density at radius 1 is 1.42 bits per heavy atom. The van der Waals surface area contributed by atoms with Gasteiger partial charge in [0.2, 0.25) is 0 Å². The monoisotopic (exact) mass is 267 g/mol. The number of nitrogens with zero attached hydrogens (tertiary/aromatic N) is 1. The maximum absolute atomic E-state index is 12.1. The molecular weight excluding hydrogens is 252 g/mol. The van der Waals surface area contributed by atoms with Crippen molar-refractivity contribution in [1.29, 1.82) is 0 Å². The third kappa shape index (κ3) is 4.03. The molecule has 0 amide bonds. The topological polar surface area (TPSA) is 49.9 Å². The number of benzene rings is 1. The minimum Gasteiger partial charge on any atom is -0.435 e. The number of alkyl halides is 2. The van der Waals surface area contributed by atoms with Crippen LogP contribution in [0.2, 0.25) is 0 Å². The van der Waals surface area contributed by atoms with Crippen molar-refractivity contribution < 1.29 is 13.5 Å².